The minimum atomic E-state index is -0.458. The van der Waals surface area contributed by atoms with Crippen LogP contribution in [0.3, 0.4) is 0 Å². The molecule has 0 aromatic heterocycles. The van der Waals surface area contributed by atoms with Crippen LogP contribution < -0.4 is 14.2 Å². The van der Waals surface area contributed by atoms with Gasteiger partial charge in [-0.15, -0.1) is 0 Å². The lowest BCUT2D eigenvalue weighted by molar-refractivity contribution is -0.140. The van der Waals surface area contributed by atoms with E-state index in [4.69, 9.17) is 23.7 Å². The fraction of sp³-hybridized carbons (Fsp3) is 0.269. The van der Waals surface area contributed by atoms with E-state index in [0.29, 0.717) is 31.1 Å². The van der Waals surface area contributed by atoms with Crippen molar-refractivity contribution in [3.05, 3.63) is 78.9 Å². The van der Waals surface area contributed by atoms with Crippen LogP contribution in [0.15, 0.2) is 78.9 Å². The maximum Gasteiger partial charge on any atom is 0.333 e. The lowest BCUT2D eigenvalue weighted by Crippen LogP contribution is -2.19. The zero-order chi connectivity index (χ0) is 22.8. The molecule has 3 rings (SSSR count). The number of esters is 1. The summed E-state index contributed by atoms with van der Waals surface area (Å²) in [5.41, 5.74) is 0.369. The van der Waals surface area contributed by atoms with Crippen molar-refractivity contribution in [1.29, 1.82) is 0 Å². The number of ether oxygens (including phenoxy) is 5. The number of hydrogen-bond acceptors (Lipinski definition) is 6. The average molecular weight is 437 g/mol. The smallest absolute Gasteiger partial charge is 0.333 e. The Labute approximate surface area is 188 Å². The Morgan fingerprint density at radius 3 is 2.19 bits per heavy atom. The molecular formula is C26H28O6. The van der Waals surface area contributed by atoms with Crippen LogP contribution >= 0.6 is 0 Å². The number of carbonyl (C=O) groups is 1. The summed E-state index contributed by atoms with van der Waals surface area (Å²) in [6.45, 7) is 8.22. The maximum absolute atomic E-state index is 11.3. The number of para-hydroxylation sites is 1. The molecule has 0 radical (unpaired) electrons. The van der Waals surface area contributed by atoms with Crippen LogP contribution in [-0.4, -0.2) is 38.7 Å². The van der Waals surface area contributed by atoms with Crippen LogP contribution in [0.2, 0.25) is 0 Å². The number of benzene rings is 3. The Morgan fingerprint density at radius 1 is 0.812 bits per heavy atom. The van der Waals surface area contributed by atoms with Gasteiger partial charge in [-0.3, -0.25) is 0 Å². The molecule has 1 unspecified atom stereocenters. The maximum atomic E-state index is 11.3. The topological polar surface area (TPSA) is 63.2 Å². The molecule has 0 N–H and O–H groups in total. The molecule has 0 saturated carbocycles. The summed E-state index contributed by atoms with van der Waals surface area (Å²) in [5, 5.41) is 1.87. The fourth-order valence-electron chi connectivity index (χ4n) is 3.00. The minimum absolute atomic E-state index is 0.184. The third-order valence-corrected chi connectivity index (χ3v) is 4.47. The fourth-order valence-corrected chi connectivity index (χ4v) is 3.00. The van der Waals surface area contributed by atoms with Gasteiger partial charge in [-0.05, 0) is 31.2 Å². The monoisotopic (exact) mass is 436 g/mol. The lowest BCUT2D eigenvalue weighted by atomic mass is 10.1. The van der Waals surface area contributed by atoms with E-state index < -0.39 is 12.3 Å². The molecule has 3 aromatic carbocycles. The Bertz CT molecular complexity index is 1030. The summed E-state index contributed by atoms with van der Waals surface area (Å²) in [4.78, 5) is 11.3. The SMILES string of the molecule is C=C(C)C(=O)OCCOCCOc1cccc2c(OC(C)Oc3ccccc3)cccc12. The van der Waals surface area contributed by atoms with E-state index in [-0.39, 0.29) is 6.61 Å². The highest BCUT2D eigenvalue weighted by Gasteiger charge is 2.11. The Hall–Kier alpha value is -3.51. The Balaban J connectivity index is 1.53. The molecule has 168 valence electrons. The molecule has 0 saturated heterocycles. The zero-order valence-corrected chi connectivity index (χ0v) is 18.4. The van der Waals surface area contributed by atoms with Gasteiger partial charge in [-0.25, -0.2) is 4.79 Å². The third kappa shape index (κ3) is 6.75. The second-order valence-corrected chi connectivity index (χ2v) is 7.10. The second kappa shape index (κ2) is 11.8. The van der Waals surface area contributed by atoms with Crippen molar-refractivity contribution < 1.29 is 28.5 Å². The molecule has 0 amide bonds. The number of rotatable bonds is 12. The average Bonchev–Trinajstić information content (AvgIpc) is 2.79. The molecular weight excluding hydrogens is 408 g/mol. The van der Waals surface area contributed by atoms with Crippen LogP contribution in [-0.2, 0) is 14.3 Å². The molecule has 32 heavy (non-hydrogen) atoms. The summed E-state index contributed by atoms with van der Waals surface area (Å²) in [6, 6.07) is 21.2. The van der Waals surface area contributed by atoms with E-state index in [1.807, 2.05) is 73.7 Å². The summed E-state index contributed by atoms with van der Waals surface area (Å²) in [5.74, 6) is 1.79. The van der Waals surface area contributed by atoms with Crippen molar-refractivity contribution in [2.75, 3.05) is 26.4 Å². The Kier molecular flexibility index (Phi) is 8.52. The van der Waals surface area contributed by atoms with E-state index in [9.17, 15) is 4.79 Å². The van der Waals surface area contributed by atoms with Crippen LogP contribution in [0.1, 0.15) is 13.8 Å². The minimum Gasteiger partial charge on any atom is -0.491 e. The number of carbonyl (C=O) groups excluding carboxylic acids is 1. The molecule has 0 heterocycles. The van der Waals surface area contributed by atoms with Crippen LogP contribution in [0.4, 0.5) is 0 Å². The zero-order valence-electron chi connectivity index (χ0n) is 18.4. The molecule has 0 aliphatic heterocycles. The molecule has 0 spiro atoms. The first kappa shape index (κ1) is 23.2. The van der Waals surface area contributed by atoms with Crippen molar-refractivity contribution >= 4 is 16.7 Å². The number of hydrogen-bond donors (Lipinski definition) is 0. The highest BCUT2D eigenvalue weighted by Crippen LogP contribution is 2.33. The first-order chi connectivity index (χ1) is 15.5. The molecule has 0 fully saturated rings. The van der Waals surface area contributed by atoms with Crippen molar-refractivity contribution in [2.24, 2.45) is 0 Å². The van der Waals surface area contributed by atoms with Gasteiger partial charge in [0.1, 0.15) is 30.5 Å². The number of fused-ring (bicyclic) bond motifs is 1. The van der Waals surface area contributed by atoms with Gasteiger partial charge in [-0.2, -0.15) is 0 Å². The van der Waals surface area contributed by atoms with Crippen molar-refractivity contribution in [1.82, 2.24) is 0 Å². The highest BCUT2D eigenvalue weighted by molar-refractivity contribution is 5.93. The first-order valence-corrected chi connectivity index (χ1v) is 10.5. The van der Waals surface area contributed by atoms with Gasteiger partial charge in [0.15, 0.2) is 0 Å². The standard InChI is InChI=1S/C26H28O6/c1-19(2)26(27)30-18-16-28-15-17-29-24-13-7-12-23-22(24)11-8-14-25(23)32-20(3)31-21-9-5-4-6-10-21/h4-14,20H,1,15-18H2,2-3H3. The third-order valence-electron chi connectivity index (χ3n) is 4.47. The molecule has 6 nitrogen and oxygen atoms in total. The van der Waals surface area contributed by atoms with E-state index in [0.717, 1.165) is 22.3 Å². The molecule has 1 atom stereocenters. The van der Waals surface area contributed by atoms with Gasteiger partial charge < -0.3 is 23.7 Å². The lowest BCUT2D eigenvalue weighted by Gasteiger charge is -2.18. The van der Waals surface area contributed by atoms with Gasteiger partial charge in [0, 0.05) is 23.3 Å². The van der Waals surface area contributed by atoms with Crippen LogP contribution in [0.25, 0.3) is 10.8 Å². The molecule has 3 aromatic rings. The predicted octanol–water partition coefficient (Wildman–Crippen LogP) is 5.16. The van der Waals surface area contributed by atoms with Gasteiger partial charge in [0.05, 0.1) is 13.2 Å². The van der Waals surface area contributed by atoms with Crippen LogP contribution in [0, 0.1) is 0 Å². The first-order valence-electron chi connectivity index (χ1n) is 10.5. The molecule has 0 aliphatic rings. The summed E-state index contributed by atoms with van der Waals surface area (Å²) >= 11 is 0. The predicted molar refractivity (Wildman–Crippen MR) is 123 cm³/mol. The largest absolute Gasteiger partial charge is 0.491 e. The van der Waals surface area contributed by atoms with Gasteiger partial charge in [0.25, 0.3) is 0 Å². The van der Waals surface area contributed by atoms with E-state index in [1.165, 1.54) is 0 Å². The Morgan fingerprint density at radius 2 is 1.47 bits per heavy atom. The summed E-state index contributed by atoms with van der Waals surface area (Å²) in [7, 11) is 0. The van der Waals surface area contributed by atoms with E-state index >= 15 is 0 Å². The summed E-state index contributed by atoms with van der Waals surface area (Å²) < 4.78 is 28.2. The van der Waals surface area contributed by atoms with E-state index in [1.54, 1.807) is 6.92 Å². The van der Waals surface area contributed by atoms with E-state index in [2.05, 4.69) is 6.58 Å². The molecule has 6 heteroatoms. The van der Waals surface area contributed by atoms with Gasteiger partial charge >= 0.3 is 5.97 Å². The van der Waals surface area contributed by atoms with Crippen LogP contribution in [0.5, 0.6) is 17.2 Å². The van der Waals surface area contributed by atoms with Crippen molar-refractivity contribution in [3.63, 3.8) is 0 Å². The van der Waals surface area contributed by atoms with Gasteiger partial charge in [0.2, 0.25) is 6.29 Å². The molecule has 0 bridgehead atoms. The second-order valence-electron chi connectivity index (χ2n) is 7.10. The van der Waals surface area contributed by atoms with Crippen molar-refractivity contribution in [3.8, 4) is 17.2 Å². The van der Waals surface area contributed by atoms with Gasteiger partial charge in [-0.1, -0.05) is 49.0 Å². The molecule has 0 aliphatic carbocycles. The van der Waals surface area contributed by atoms with Crippen molar-refractivity contribution in [2.45, 2.75) is 20.1 Å². The normalized spacial score (nSPS) is 11.6. The highest BCUT2D eigenvalue weighted by atomic mass is 16.7. The summed E-state index contributed by atoms with van der Waals surface area (Å²) in [6.07, 6.45) is -0.458. The quantitative estimate of drug-likeness (QED) is 0.169.